The summed E-state index contributed by atoms with van der Waals surface area (Å²) in [7, 11) is 0. The third-order valence-corrected chi connectivity index (χ3v) is 6.83. The minimum absolute atomic E-state index is 0.137. The summed E-state index contributed by atoms with van der Waals surface area (Å²) in [6.07, 6.45) is 2.22. The highest BCUT2D eigenvalue weighted by molar-refractivity contribution is 6.02. The van der Waals surface area contributed by atoms with Gasteiger partial charge in [-0.1, -0.05) is 68.8 Å². The maximum atomic E-state index is 14.1. The Morgan fingerprint density at radius 2 is 1.61 bits per heavy atom. The molecule has 0 aromatic heterocycles. The Kier molecular flexibility index (Phi) is 5.75. The molecule has 1 fully saturated rings. The molecule has 6 nitrogen and oxygen atoms in total. The first-order chi connectivity index (χ1) is 15.0. The van der Waals surface area contributed by atoms with E-state index < -0.39 is 17.2 Å². The molecule has 1 heterocycles. The van der Waals surface area contributed by atoms with Gasteiger partial charge in [-0.25, -0.2) is 4.79 Å². The van der Waals surface area contributed by atoms with Gasteiger partial charge in [0.15, 0.2) is 0 Å². The van der Waals surface area contributed by atoms with Crippen LogP contribution in [0.1, 0.15) is 50.7 Å². The van der Waals surface area contributed by atoms with E-state index in [-0.39, 0.29) is 5.91 Å². The molecule has 1 saturated heterocycles. The van der Waals surface area contributed by atoms with E-state index in [0.717, 1.165) is 54.6 Å². The van der Waals surface area contributed by atoms with Gasteiger partial charge in [-0.2, -0.15) is 0 Å². The summed E-state index contributed by atoms with van der Waals surface area (Å²) in [5.41, 5.74) is 1.56. The second-order valence-corrected chi connectivity index (χ2v) is 8.48. The highest BCUT2D eigenvalue weighted by Crippen LogP contribution is 2.58. The van der Waals surface area contributed by atoms with Gasteiger partial charge < -0.3 is 15.7 Å². The first-order valence-electron chi connectivity index (χ1n) is 11.3. The molecule has 1 aliphatic heterocycles. The van der Waals surface area contributed by atoms with Crippen molar-refractivity contribution in [2.75, 3.05) is 19.6 Å². The van der Waals surface area contributed by atoms with Crippen LogP contribution >= 0.6 is 0 Å². The van der Waals surface area contributed by atoms with Gasteiger partial charge in [-0.05, 0) is 41.5 Å². The van der Waals surface area contributed by atoms with Gasteiger partial charge >= 0.3 is 6.09 Å². The highest BCUT2D eigenvalue weighted by Gasteiger charge is 2.68. The van der Waals surface area contributed by atoms with Crippen molar-refractivity contribution in [3.05, 3.63) is 59.7 Å². The van der Waals surface area contributed by atoms with E-state index in [1.165, 1.54) is 0 Å². The molecule has 2 aromatic carbocycles. The smallest absolute Gasteiger partial charge is 0.406 e. The molecule has 0 radical (unpaired) electrons. The van der Waals surface area contributed by atoms with Crippen molar-refractivity contribution < 1.29 is 14.7 Å². The number of benzene rings is 2. The van der Waals surface area contributed by atoms with Crippen LogP contribution in [0, 0.1) is 0 Å². The van der Waals surface area contributed by atoms with Crippen LogP contribution in [-0.4, -0.2) is 47.3 Å². The van der Waals surface area contributed by atoms with E-state index in [1.807, 2.05) is 55.5 Å². The molecule has 2 amide bonds. The Morgan fingerprint density at radius 3 is 2.10 bits per heavy atom. The SMILES string of the molecule is CCCCN1CCC1(NC(=O)O)C1(C(=O)NCCC)c2ccccc2-c2ccccc21. The minimum Gasteiger partial charge on any atom is -0.465 e. The number of fused-ring (bicyclic) bond motifs is 3. The molecule has 4 rings (SSSR count). The molecule has 0 bridgehead atoms. The second-order valence-electron chi connectivity index (χ2n) is 8.48. The summed E-state index contributed by atoms with van der Waals surface area (Å²) in [6, 6.07) is 15.9. The number of nitrogens with zero attached hydrogens (tertiary/aromatic N) is 1. The number of nitrogens with one attached hydrogen (secondary N) is 2. The van der Waals surface area contributed by atoms with Crippen molar-refractivity contribution in [3.63, 3.8) is 0 Å². The van der Waals surface area contributed by atoms with Crippen LogP contribution in [0.5, 0.6) is 0 Å². The Morgan fingerprint density at radius 1 is 1.00 bits per heavy atom. The summed E-state index contributed by atoms with van der Waals surface area (Å²) < 4.78 is 0. The number of likely N-dealkylation sites (tertiary alicyclic amines) is 1. The van der Waals surface area contributed by atoms with Gasteiger partial charge in [0.2, 0.25) is 5.91 Å². The fourth-order valence-electron chi connectivity index (χ4n) is 5.47. The van der Waals surface area contributed by atoms with Crippen LogP contribution < -0.4 is 10.6 Å². The first-order valence-corrected chi connectivity index (χ1v) is 11.3. The molecule has 3 N–H and O–H groups in total. The quantitative estimate of drug-likeness (QED) is 0.603. The van der Waals surface area contributed by atoms with Gasteiger partial charge in [0.1, 0.15) is 11.1 Å². The van der Waals surface area contributed by atoms with E-state index >= 15 is 0 Å². The zero-order valence-corrected chi connectivity index (χ0v) is 18.3. The maximum absolute atomic E-state index is 14.1. The van der Waals surface area contributed by atoms with Gasteiger partial charge in [0, 0.05) is 19.6 Å². The number of rotatable bonds is 8. The van der Waals surface area contributed by atoms with Crippen molar-refractivity contribution in [2.45, 2.75) is 50.6 Å². The van der Waals surface area contributed by atoms with Crippen LogP contribution in [0.25, 0.3) is 11.1 Å². The van der Waals surface area contributed by atoms with Crippen molar-refractivity contribution in [3.8, 4) is 11.1 Å². The number of carbonyl (C=O) groups excluding carboxylic acids is 1. The summed E-state index contributed by atoms with van der Waals surface area (Å²) in [4.78, 5) is 28.4. The summed E-state index contributed by atoms with van der Waals surface area (Å²) in [5, 5.41) is 15.9. The Bertz CT molecular complexity index is 944. The average molecular weight is 422 g/mol. The van der Waals surface area contributed by atoms with Crippen molar-refractivity contribution in [1.29, 1.82) is 0 Å². The molecule has 0 saturated carbocycles. The fourth-order valence-corrected chi connectivity index (χ4v) is 5.47. The predicted molar refractivity (Wildman–Crippen MR) is 121 cm³/mol. The number of unbranched alkanes of at least 4 members (excludes halogenated alkanes) is 1. The molecular weight excluding hydrogens is 390 g/mol. The average Bonchev–Trinajstić information content (AvgIpc) is 3.07. The minimum atomic E-state index is -1.15. The topological polar surface area (TPSA) is 81.7 Å². The van der Waals surface area contributed by atoms with Crippen LogP contribution in [0.15, 0.2) is 48.5 Å². The summed E-state index contributed by atoms with van der Waals surface area (Å²) >= 11 is 0. The number of amides is 2. The Balaban J connectivity index is 2.01. The zero-order chi connectivity index (χ0) is 22.1. The molecule has 2 aromatic rings. The van der Waals surface area contributed by atoms with E-state index in [1.54, 1.807) is 0 Å². The Hall–Kier alpha value is -2.86. The standard InChI is InChI=1S/C25H31N3O3/c1-3-5-16-28-17-14-24(28,27-23(30)31)25(22(29)26-15-4-2)20-12-8-6-10-18(20)19-11-7-9-13-21(19)25/h6-13,27H,3-5,14-17H2,1-2H3,(H,26,29)(H,30,31). The third kappa shape index (κ3) is 3.04. The van der Waals surface area contributed by atoms with Crippen LogP contribution in [0.2, 0.25) is 0 Å². The van der Waals surface area contributed by atoms with Crippen LogP contribution in [0.4, 0.5) is 4.79 Å². The first kappa shape index (κ1) is 21.4. The molecule has 2 aliphatic rings. The third-order valence-electron chi connectivity index (χ3n) is 6.83. The van der Waals surface area contributed by atoms with Crippen LogP contribution in [-0.2, 0) is 10.2 Å². The van der Waals surface area contributed by atoms with Gasteiger partial charge in [-0.15, -0.1) is 0 Å². The molecule has 1 unspecified atom stereocenters. The Labute approximate surface area is 183 Å². The van der Waals surface area contributed by atoms with Crippen LogP contribution in [0.3, 0.4) is 0 Å². The summed E-state index contributed by atoms with van der Waals surface area (Å²) in [5.74, 6) is -0.137. The fraction of sp³-hybridized carbons (Fsp3) is 0.440. The summed E-state index contributed by atoms with van der Waals surface area (Å²) in [6.45, 7) is 6.18. The second kappa shape index (κ2) is 8.35. The van der Waals surface area contributed by atoms with E-state index in [9.17, 15) is 14.7 Å². The lowest BCUT2D eigenvalue weighted by atomic mass is 9.61. The molecule has 1 aliphatic carbocycles. The largest absolute Gasteiger partial charge is 0.465 e. The van der Waals surface area contributed by atoms with Gasteiger partial charge in [-0.3, -0.25) is 9.69 Å². The van der Waals surface area contributed by atoms with E-state index in [2.05, 4.69) is 22.5 Å². The van der Waals surface area contributed by atoms with Gasteiger partial charge in [0.25, 0.3) is 0 Å². The molecule has 164 valence electrons. The number of carboxylic acid groups (broad SMARTS) is 1. The number of hydrogen-bond donors (Lipinski definition) is 3. The van der Waals surface area contributed by atoms with Crippen molar-refractivity contribution >= 4 is 12.0 Å². The zero-order valence-electron chi connectivity index (χ0n) is 18.3. The molecule has 6 heteroatoms. The van der Waals surface area contributed by atoms with E-state index in [4.69, 9.17) is 0 Å². The molecule has 0 spiro atoms. The molecule has 1 atom stereocenters. The number of carbonyl (C=O) groups is 2. The lowest BCUT2D eigenvalue weighted by Crippen LogP contribution is -2.80. The van der Waals surface area contributed by atoms with E-state index in [0.29, 0.717) is 13.0 Å². The number of hydrogen-bond acceptors (Lipinski definition) is 3. The normalized spacial score (nSPS) is 21.0. The molecule has 31 heavy (non-hydrogen) atoms. The lowest BCUT2D eigenvalue weighted by molar-refractivity contribution is -0.142. The van der Waals surface area contributed by atoms with Crippen molar-refractivity contribution in [1.82, 2.24) is 15.5 Å². The predicted octanol–water partition coefficient (Wildman–Crippen LogP) is 3.95. The lowest BCUT2D eigenvalue weighted by Gasteiger charge is -2.60. The van der Waals surface area contributed by atoms with Gasteiger partial charge in [0.05, 0.1) is 0 Å². The highest BCUT2D eigenvalue weighted by atomic mass is 16.4. The molecular formula is C25H31N3O3. The maximum Gasteiger partial charge on any atom is 0.406 e. The van der Waals surface area contributed by atoms with Crippen molar-refractivity contribution in [2.24, 2.45) is 0 Å². The monoisotopic (exact) mass is 421 g/mol.